The van der Waals surface area contributed by atoms with Gasteiger partial charge >= 0.3 is 11.9 Å². The zero-order valence-corrected chi connectivity index (χ0v) is 14.2. The van der Waals surface area contributed by atoms with E-state index in [4.69, 9.17) is 9.47 Å². The first kappa shape index (κ1) is 17.3. The molecule has 0 radical (unpaired) electrons. The maximum absolute atomic E-state index is 12.9. The molecule has 2 aliphatic carbocycles. The molecule has 0 N–H and O–H groups in total. The van der Waals surface area contributed by atoms with Gasteiger partial charge in [-0.3, -0.25) is 9.59 Å². The van der Waals surface area contributed by atoms with E-state index < -0.39 is 5.41 Å². The van der Waals surface area contributed by atoms with Gasteiger partial charge in [0.15, 0.2) is 0 Å². The van der Waals surface area contributed by atoms with Crippen molar-refractivity contribution < 1.29 is 19.1 Å². The molecule has 4 heteroatoms. The first-order chi connectivity index (χ1) is 10.5. The van der Waals surface area contributed by atoms with Crippen LogP contribution in [0.1, 0.15) is 72.1 Å². The first-order valence-electron chi connectivity index (χ1n) is 8.81. The number of ether oxygens (including phenoxy) is 2. The van der Waals surface area contributed by atoms with E-state index in [9.17, 15) is 9.59 Å². The maximum atomic E-state index is 12.9. The largest absolute Gasteiger partial charge is 0.465 e. The van der Waals surface area contributed by atoms with Crippen LogP contribution >= 0.6 is 0 Å². The molecule has 4 nitrogen and oxygen atoms in total. The van der Waals surface area contributed by atoms with Crippen molar-refractivity contribution in [3.05, 3.63) is 0 Å². The third-order valence-electron chi connectivity index (χ3n) is 5.20. The molecule has 0 aliphatic heterocycles. The van der Waals surface area contributed by atoms with E-state index in [0.717, 1.165) is 44.9 Å². The van der Waals surface area contributed by atoms with Gasteiger partial charge in [-0.15, -0.1) is 0 Å². The fraction of sp³-hybridized carbons (Fsp3) is 0.889. The quantitative estimate of drug-likeness (QED) is 0.723. The minimum Gasteiger partial charge on any atom is -0.465 e. The second-order valence-corrected chi connectivity index (χ2v) is 7.36. The minimum atomic E-state index is -0.596. The summed E-state index contributed by atoms with van der Waals surface area (Å²) in [5, 5.41) is 0. The zero-order chi connectivity index (χ0) is 16.2. The van der Waals surface area contributed by atoms with E-state index in [1.165, 1.54) is 13.3 Å². The van der Waals surface area contributed by atoms with Crippen LogP contribution in [0.25, 0.3) is 0 Å². The predicted octanol–water partition coefficient (Wildman–Crippen LogP) is 3.87. The summed E-state index contributed by atoms with van der Waals surface area (Å²) < 4.78 is 11.2. The fourth-order valence-electron chi connectivity index (χ4n) is 4.22. The van der Waals surface area contributed by atoms with Crippen LogP contribution in [0.3, 0.4) is 0 Å². The molecule has 0 amide bonds. The smallest absolute Gasteiger partial charge is 0.316 e. The average molecular weight is 310 g/mol. The summed E-state index contributed by atoms with van der Waals surface area (Å²) in [5.41, 5.74) is -0.596. The van der Waals surface area contributed by atoms with Gasteiger partial charge in [0.1, 0.15) is 11.5 Å². The van der Waals surface area contributed by atoms with Crippen LogP contribution in [0.15, 0.2) is 0 Å². The Hall–Kier alpha value is -1.06. The van der Waals surface area contributed by atoms with Crippen LogP contribution in [0.4, 0.5) is 0 Å². The molecule has 22 heavy (non-hydrogen) atoms. The van der Waals surface area contributed by atoms with Crippen LogP contribution in [-0.2, 0) is 19.1 Å². The van der Waals surface area contributed by atoms with Crippen molar-refractivity contribution in [1.29, 1.82) is 0 Å². The molecule has 0 spiro atoms. The second kappa shape index (κ2) is 7.47. The summed E-state index contributed by atoms with van der Waals surface area (Å²) in [4.78, 5) is 24.4. The fourth-order valence-corrected chi connectivity index (χ4v) is 4.22. The van der Waals surface area contributed by atoms with Crippen molar-refractivity contribution in [2.75, 3.05) is 6.61 Å². The molecule has 0 aromatic carbocycles. The van der Waals surface area contributed by atoms with Crippen molar-refractivity contribution in [3.8, 4) is 0 Å². The van der Waals surface area contributed by atoms with Gasteiger partial charge in [-0.1, -0.05) is 33.1 Å². The van der Waals surface area contributed by atoms with Gasteiger partial charge in [-0.2, -0.15) is 0 Å². The second-order valence-electron chi connectivity index (χ2n) is 7.36. The third-order valence-corrected chi connectivity index (χ3v) is 5.20. The van der Waals surface area contributed by atoms with E-state index in [1.54, 1.807) is 0 Å². The Balaban J connectivity index is 2.22. The molecule has 126 valence electrons. The van der Waals surface area contributed by atoms with Crippen molar-refractivity contribution in [2.45, 2.75) is 78.2 Å². The highest BCUT2D eigenvalue weighted by Crippen LogP contribution is 2.52. The summed E-state index contributed by atoms with van der Waals surface area (Å²) >= 11 is 0. The van der Waals surface area contributed by atoms with Gasteiger partial charge in [-0.25, -0.2) is 0 Å². The Morgan fingerprint density at radius 2 is 1.77 bits per heavy atom. The monoisotopic (exact) mass is 310 g/mol. The van der Waals surface area contributed by atoms with E-state index in [0.29, 0.717) is 18.4 Å². The Labute approximate surface area is 133 Å². The first-order valence-corrected chi connectivity index (χ1v) is 8.81. The van der Waals surface area contributed by atoms with Crippen molar-refractivity contribution >= 4 is 11.9 Å². The minimum absolute atomic E-state index is 0.128. The van der Waals surface area contributed by atoms with Gasteiger partial charge in [-0.05, 0) is 43.9 Å². The van der Waals surface area contributed by atoms with Crippen LogP contribution in [0.2, 0.25) is 0 Å². The van der Waals surface area contributed by atoms with E-state index >= 15 is 0 Å². The predicted molar refractivity (Wildman–Crippen MR) is 84.2 cm³/mol. The summed E-state index contributed by atoms with van der Waals surface area (Å²) in [5.74, 6) is 0.203. The maximum Gasteiger partial charge on any atom is 0.316 e. The molecule has 2 atom stereocenters. The van der Waals surface area contributed by atoms with Crippen LogP contribution in [-0.4, -0.2) is 24.6 Å². The van der Waals surface area contributed by atoms with Crippen LogP contribution in [0, 0.1) is 17.3 Å². The molecule has 0 aromatic rings. The molecule has 0 heterocycles. The van der Waals surface area contributed by atoms with Gasteiger partial charge in [0.25, 0.3) is 0 Å². The van der Waals surface area contributed by atoms with Gasteiger partial charge in [0.05, 0.1) is 6.61 Å². The Morgan fingerprint density at radius 3 is 2.36 bits per heavy atom. The molecular weight excluding hydrogens is 280 g/mol. The Kier molecular flexibility index (Phi) is 5.87. The summed E-state index contributed by atoms with van der Waals surface area (Å²) in [6.07, 6.45) is 7.89. The van der Waals surface area contributed by atoms with Gasteiger partial charge in [0, 0.05) is 6.92 Å². The Bertz CT molecular complexity index is 398. The molecule has 2 unspecified atom stereocenters. The summed E-state index contributed by atoms with van der Waals surface area (Å²) in [7, 11) is 0. The molecule has 0 aromatic heterocycles. The lowest BCUT2D eigenvalue weighted by molar-refractivity contribution is -0.177. The van der Waals surface area contributed by atoms with Crippen molar-refractivity contribution in [3.63, 3.8) is 0 Å². The number of carbonyl (C=O) groups excluding carboxylic acids is 2. The third kappa shape index (κ3) is 3.64. The van der Waals surface area contributed by atoms with Gasteiger partial charge < -0.3 is 9.47 Å². The lowest BCUT2D eigenvalue weighted by atomic mass is 9.66. The molecule has 2 fully saturated rings. The molecule has 0 bridgehead atoms. The molecule has 2 aliphatic rings. The van der Waals surface area contributed by atoms with Crippen molar-refractivity contribution in [2.24, 2.45) is 17.3 Å². The summed E-state index contributed by atoms with van der Waals surface area (Å²) in [6, 6.07) is 0. The van der Waals surface area contributed by atoms with E-state index in [2.05, 4.69) is 0 Å². The normalized spacial score (nSPS) is 29.5. The topological polar surface area (TPSA) is 52.6 Å². The Morgan fingerprint density at radius 1 is 1.09 bits per heavy atom. The summed E-state index contributed by atoms with van der Waals surface area (Å²) in [6.45, 7) is 5.96. The lowest BCUT2D eigenvalue weighted by Gasteiger charge is -2.41. The molecule has 2 rings (SSSR count). The zero-order valence-electron chi connectivity index (χ0n) is 14.2. The van der Waals surface area contributed by atoms with Gasteiger partial charge in [0.2, 0.25) is 0 Å². The molecule has 2 saturated carbocycles. The number of carbonyl (C=O) groups is 2. The standard InChI is InChI=1S/C18H30O4/c1-13(2)12-21-17(20)18(15-8-5-4-6-9-15)11-7-10-16(18)22-14(3)19/h13,15-16H,4-12H2,1-3H3. The molecule has 0 saturated heterocycles. The van der Waals surface area contributed by atoms with E-state index in [-0.39, 0.29) is 18.0 Å². The number of hydrogen-bond acceptors (Lipinski definition) is 4. The van der Waals surface area contributed by atoms with Crippen LogP contribution in [0.5, 0.6) is 0 Å². The molecular formula is C18H30O4. The van der Waals surface area contributed by atoms with Crippen molar-refractivity contribution in [1.82, 2.24) is 0 Å². The highest BCUT2D eigenvalue weighted by molar-refractivity contribution is 5.79. The van der Waals surface area contributed by atoms with Crippen LogP contribution < -0.4 is 0 Å². The number of esters is 2. The SMILES string of the molecule is CC(=O)OC1CCCC1(C(=O)OCC(C)C)C1CCCCC1. The number of rotatable bonds is 5. The highest BCUT2D eigenvalue weighted by Gasteiger charge is 2.56. The highest BCUT2D eigenvalue weighted by atomic mass is 16.6. The number of hydrogen-bond donors (Lipinski definition) is 0. The lowest BCUT2D eigenvalue weighted by Crippen LogP contribution is -2.48. The average Bonchev–Trinajstić information content (AvgIpc) is 2.89. The van der Waals surface area contributed by atoms with E-state index in [1.807, 2.05) is 13.8 Å².